The first-order valence-corrected chi connectivity index (χ1v) is 6.62. The molecule has 0 saturated carbocycles. The predicted octanol–water partition coefficient (Wildman–Crippen LogP) is 3.59. The highest BCUT2D eigenvalue weighted by Gasteiger charge is 2.09. The summed E-state index contributed by atoms with van der Waals surface area (Å²) in [6, 6.07) is 17.0. The molecule has 0 saturated heterocycles. The Hall–Kier alpha value is -2.88. The molecule has 1 N–H and O–H groups in total. The number of nitrogens with one attached hydrogen (secondary N) is 1. The van der Waals surface area contributed by atoms with Crippen molar-refractivity contribution in [3.05, 3.63) is 72.2 Å². The molecule has 0 radical (unpaired) electrons. The second kappa shape index (κ2) is 5.63. The van der Waals surface area contributed by atoms with Gasteiger partial charge in [-0.2, -0.15) is 5.10 Å². The maximum absolute atomic E-state index is 12.3. The molecule has 0 fully saturated rings. The van der Waals surface area contributed by atoms with Crippen LogP contribution in [-0.2, 0) is 0 Å². The van der Waals surface area contributed by atoms with Crippen molar-refractivity contribution in [1.29, 1.82) is 0 Å². The minimum Gasteiger partial charge on any atom is -0.463 e. The molecular formula is C17H14N2O2. The predicted molar refractivity (Wildman–Crippen MR) is 82.3 cm³/mol. The maximum Gasteiger partial charge on any atom is 0.272 e. The lowest BCUT2D eigenvalue weighted by Gasteiger charge is -2.05. The zero-order valence-electron chi connectivity index (χ0n) is 11.5. The number of carbonyl (C=O) groups is 1. The molecule has 0 unspecified atom stereocenters. The van der Waals surface area contributed by atoms with Crippen LogP contribution in [0.1, 0.15) is 23.0 Å². The van der Waals surface area contributed by atoms with E-state index in [-0.39, 0.29) is 5.91 Å². The van der Waals surface area contributed by atoms with Crippen LogP contribution in [0.4, 0.5) is 0 Å². The molecule has 104 valence electrons. The quantitative estimate of drug-likeness (QED) is 0.588. The van der Waals surface area contributed by atoms with Crippen molar-refractivity contribution in [3.8, 4) is 0 Å². The molecule has 4 heteroatoms. The zero-order chi connectivity index (χ0) is 14.7. The number of hydrogen-bond acceptors (Lipinski definition) is 3. The summed E-state index contributed by atoms with van der Waals surface area (Å²) < 4.78 is 5.22. The number of furan rings is 1. The molecule has 0 aliphatic carbocycles. The largest absolute Gasteiger partial charge is 0.463 e. The number of carbonyl (C=O) groups excluding carboxylic acids is 1. The third-order valence-corrected chi connectivity index (χ3v) is 3.24. The molecule has 1 amide bonds. The Bertz CT molecular complexity index is 799. The summed E-state index contributed by atoms with van der Waals surface area (Å²) in [4.78, 5) is 12.3. The Morgan fingerprint density at radius 2 is 1.86 bits per heavy atom. The van der Waals surface area contributed by atoms with Crippen LogP contribution in [0.2, 0.25) is 0 Å². The van der Waals surface area contributed by atoms with Gasteiger partial charge in [-0.3, -0.25) is 4.79 Å². The molecule has 0 spiro atoms. The van der Waals surface area contributed by atoms with Gasteiger partial charge in [-0.15, -0.1) is 0 Å². The van der Waals surface area contributed by atoms with Gasteiger partial charge in [0.2, 0.25) is 0 Å². The highest BCUT2D eigenvalue weighted by atomic mass is 16.3. The number of fused-ring (bicyclic) bond motifs is 1. The average molecular weight is 278 g/mol. The topological polar surface area (TPSA) is 54.6 Å². The third kappa shape index (κ3) is 2.69. The minimum atomic E-state index is -0.238. The Labute approximate surface area is 122 Å². The number of hydrogen-bond donors (Lipinski definition) is 1. The summed E-state index contributed by atoms with van der Waals surface area (Å²) in [6.07, 6.45) is 1.57. The first kappa shape index (κ1) is 13.1. The molecule has 1 aromatic heterocycles. The number of rotatable bonds is 3. The van der Waals surface area contributed by atoms with E-state index >= 15 is 0 Å². The number of amides is 1. The van der Waals surface area contributed by atoms with Gasteiger partial charge >= 0.3 is 0 Å². The highest BCUT2D eigenvalue weighted by Crippen LogP contribution is 2.18. The monoisotopic (exact) mass is 278 g/mol. The molecule has 1 heterocycles. The lowest BCUT2D eigenvalue weighted by Crippen LogP contribution is -2.19. The average Bonchev–Trinajstić information content (AvgIpc) is 3.06. The van der Waals surface area contributed by atoms with Gasteiger partial charge in [-0.05, 0) is 35.9 Å². The van der Waals surface area contributed by atoms with Crippen LogP contribution in [-0.4, -0.2) is 11.6 Å². The van der Waals surface area contributed by atoms with Crippen LogP contribution in [0.25, 0.3) is 10.8 Å². The van der Waals surface area contributed by atoms with E-state index in [0.717, 1.165) is 10.8 Å². The SMILES string of the molecule is C/C(=N/NC(=O)c1cccc2ccccc12)c1ccco1. The molecule has 0 aliphatic rings. The van der Waals surface area contributed by atoms with Crippen LogP contribution in [0.3, 0.4) is 0 Å². The lowest BCUT2D eigenvalue weighted by atomic mass is 10.0. The second-order valence-electron chi connectivity index (χ2n) is 4.64. The Kier molecular flexibility index (Phi) is 3.51. The Morgan fingerprint density at radius 1 is 1.05 bits per heavy atom. The molecule has 21 heavy (non-hydrogen) atoms. The van der Waals surface area contributed by atoms with E-state index in [1.54, 1.807) is 31.4 Å². The van der Waals surface area contributed by atoms with Gasteiger partial charge in [0.1, 0.15) is 11.5 Å². The van der Waals surface area contributed by atoms with Crippen LogP contribution in [0.15, 0.2) is 70.4 Å². The van der Waals surface area contributed by atoms with Crippen LogP contribution < -0.4 is 5.43 Å². The molecule has 3 rings (SSSR count). The van der Waals surface area contributed by atoms with Gasteiger partial charge in [-0.25, -0.2) is 5.43 Å². The van der Waals surface area contributed by atoms with E-state index in [1.807, 2.05) is 36.4 Å². The van der Waals surface area contributed by atoms with Crippen molar-refractivity contribution in [3.63, 3.8) is 0 Å². The summed E-state index contributed by atoms with van der Waals surface area (Å²) in [5.41, 5.74) is 3.79. The Balaban J connectivity index is 1.86. The van der Waals surface area contributed by atoms with Gasteiger partial charge in [0.05, 0.1) is 6.26 Å². The third-order valence-electron chi connectivity index (χ3n) is 3.24. The van der Waals surface area contributed by atoms with Crippen LogP contribution >= 0.6 is 0 Å². The van der Waals surface area contributed by atoms with E-state index in [9.17, 15) is 4.79 Å². The first-order valence-electron chi connectivity index (χ1n) is 6.62. The van der Waals surface area contributed by atoms with Crippen molar-refractivity contribution < 1.29 is 9.21 Å². The van der Waals surface area contributed by atoms with Gasteiger partial charge < -0.3 is 4.42 Å². The molecule has 0 atom stereocenters. The molecule has 2 aromatic carbocycles. The summed E-state index contributed by atoms with van der Waals surface area (Å²) in [5, 5.41) is 6.00. The first-order chi connectivity index (χ1) is 10.3. The maximum atomic E-state index is 12.3. The van der Waals surface area contributed by atoms with E-state index in [0.29, 0.717) is 17.0 Å². The van der Waals surface area contributed by atoms with Crippen LogP contribution in [0, 0.1) is 0 Å². The van der Waals surface area contributed by atoms with Crippen molar-refractivity contribution >= 4 is 22.4 Å². The molecule has 0 aliphatic heterocycles. The Morgan fingerprint density at radius 3 is 2.67 bits per heavy atom. The van der Waals surface area contributed by atoms with E-state index in [1.165, 1.54) is 0 Å². The minimum absolute atomic E-state index is 0.238. The summed E-state index contributed by atoms with van der Waals surface area (Å²) in [5.74, 6) is 0.394. The number of nitrogens with zero attached hydrogens (tertiary/aromatic N) is 1. The summed E-state index contributed by atoms with van der Waals surface area (Å²) in [6.45, 7) is 1.78. The molecule has 4 nitrogen and oxygen atoms in total. The van der Waals surface area contributed by atoms with Gasteiger partial charge in [0.25, 0.3) is 5.91 Å². The van der Waals surface area contributed by atoms with Gasteiger partial charge in [0, 0.05) is 5.56 Å². The molecule has 3 aromatic rings. The fraction of sp³-hybridized carbons (Fsp3) is 0.0588. The number of hydrazone groups is 1. The lowest BCUT2D eigenvalue weighted by molar-refractivity contribution is 0.0956. The van der Waals surface area contributed by atoms with Gasteiger partial charge in [-0.1, -0.05) is 36.4 Å². The summed E-state index contributed by atoms with van der Waals surface area (Å²) in [7, 11) is 0. The fourth-order valence-corrected chi connectivity index (χ4v) is 2.16. The fourth-order valence-electron chi connectivity index (χ4n) is 2.16. The molecular weight excluding hydrogens is 264 g/mol. The van der Waals surface area contributed by atoms with Crippen molar-refractivity contribution in [2.45, 2.75) is 6.92 Å². The van der Waals surface area contributed by atoms with E-state index < -0.39 is 0 Å². The highest BCUT2D eigenvalue weighted by molar-refractivity contribution is 6.07. The summed E-state index contributed by atoms with van der Waals surface area (Å²) >= 11 is 0. The normalized spacial score (nSPS) is 11.6. The standard InChI is InChI=1S/C17H14N2O2/c1-12(16-10-5-11-21-16)18-19-17(20)15-9-4-7-13-6-2-3-8-14(13)15/h2-11H,1H3,(H,19,20)/b18-12-. The van der Waals surface area contributed by atoms with Crippen LogP contribution in [0.5, 0.6) is 0 Å². The van der Waals surface area contributed by atoms with E-state index in [2.05, 4.69) is 10.5 Å². The van der Waals surface area contributed by atoms with E-state index in [4.69, 9.17) is 4.42 Å². The molecule has 0 bridgehead atoms. The van der Waals surface area contributed by atoms with Crippen molar-refractivity contribution in [2.24, 2.45) is 5.10 Å². The van der Waals surface area contributed by atoms with Gasteiger partial charge in [0.15, 0.2) is 0 Å². The van der Waals surface area contributed by atoms with Crippen molar-refractivity contribution in [1.82, 2.24) is 5.43 Å². The smallest absolute Gasteiger partial charge is 0.272 e. The second-order valence-corrected chi connectivity index (χ2v) is 4.64. The van der Waals surface area contributed by atoms with Crippen molar-refractivity contribution in [2.75, 3.05) is 0 Å². The number of benzene rings is 2. The zero-order valence-corrected chi connectivity index (χ0v) is 11.5.